The summed E-state index contributed by atoms with van der Waals surface area (Å²) in [5.41, 5.74) is 3.42. The van der Waals surface area contributed by atoms with Gasteiger partial charge < -0.3 is 10.6 Å². The van der Waals surface area contributed by atoms with E-state index in [2.05, 4.69) is 34.7 Å². The zero-order valence-electron chi connectivity index (χ0n) is 16.1. The number of halogens is 1. The second-order valence-corrected chi connectivity index (χ2v) is 8.29. The zero-order chi connectivity index (χ0) is 19.2. The van der Waals surface area contributed by atoms with Crippen LogP contribution in [-0.4, -0.2) is 39.8 Å². The Morgan fingerprint density at radius 3 is 2.15 bits per heavy atom. The minimum Gasteiger partial charge on any atom is -0.352 e. The molecule has 0 unspecified atom stereocenters. The van der Waals surface area contributed by atoms with Gasteiger partial charge in [0.15, 0.2) is 5.96 Å². The van der Waals surface area contributed by atoms with E-state index in [1.165, 1.54) is 29.5 Å². The molecule has 2 N–H and O–H groups in total. The molecule has 8 heteroatoms. The maximum absolute atomic E-state index is 12.1. The number of guanidine groups is 1. The molecular formula is C19H27IN4O2S. The van der Waals surface area contributed by atoms with Gasteiger partial charge >= 0.3 is 0 Å². The van der Waals surface area contributed by atoms with Crippen molar-refractivity contribution in [1.29, 1.82) is 0 Å². The van der Waals surface area contributed by atoms with E-state index >= 15 is 0 Å². The third kappa shape index (κ3) is 6.47. The topological polar surface area (TPSA) is 73.8 Å². The van der Waals surface area contributed by atoms with Gasteiger partial charge in [0.2, 0.25) is 10.0 Å². The highest BCUT2D eigenvalue weighted by molar-refractivity contribution is 14.0. The molecule has 6 nitrogen and oxygen atoms in total. The van der Waals surface area contributed by atoms with Gasteiger partial charge in [0.1, 0.15) is 0 Å². The Kier molecular flexibility index (Phi) is 9.20. The standard InChI is InChI=1S/C19H26N4O2S.HI/c1-15-7-5-6-8-17(15)14-22-19(20-2)21-13-16-9-11-18(12-10-16)26(24,25)23(3)4;/h5-12H,13-14H2,1-4H3,(H2,20,21,22);1H. The molecule has 2 aromatic carbocycles. The van der Waals surface area contributed by atoms with E-state index in [-0.39, 0.29) is 28.9 Å². The van der Waals surface area contributed by atoms with Crippen molar-refractivity contribution in [3.05, 3.63) is 65.2 Å². The van der Waals surface area contributed by atoms with Crippen LogP contribution in [0.25, 0.3) is 0 Å². The molecule has 0 fully saturated rings. The van der Waals surface area contributed by atoms with Crippen molar-refractivity contribution in [3.8, 4) is 0 Å². The van der Waals surface area contributed by atoms with E-state index in [1.54, 1.807) is 31.3 Å². The number of hydrogen-bond acceptors (Lipinski definition) is 3. The van der Waals surface area contributed by atoms with Gasteiger partial charge in [-0.15, -0.1) is 24.0 Å². The SMILES string of the molecule is CN=C(NCc1ccc(S(=O)(=O)N(C)C)cc1)NCc1ccccc1C.I. The van der Waals surface area contributed by atoms with Gasteiger partial charge in [-0.3, -0.25) is 4.99 Å². The number of rotatable bonds is 6. The number of aryl methyl sites for hydroxylation is 1. The maximum Gasteiger partial charge on any atom is 0.242 e. The second kappa shape index (κ2) is 10.6. The molecule has 27 heavy (non-hydrogen) atoms. The molecular weight excluding hydrogens is 475 g/mol. The summed E-state index contributed by atoms with van der Waals surface area (Å²) in [6.45, 7) is 3.32. The van der Waals surface area contributed by atoms with Crippen molar-refractivity contribution >= 4 is 40.0 Å². The van der Waals surface area contributed by atoms with Crippen molar-refractivity contribution in [1.82, 2.24) is 14.9 Å². The minimum absolute atomic E-state index is 0. The molecule has 0 spiro atoms. The molecule has 0 atom stereocenters. The summed E-state index contributed by atoms with van der Waals surface area (Å²) in [6, 6.07) is 15.0. The lowest BCUT2D eigenvalue weighted by Gasteiger charge is -2.14. The second-order valence-electron chi connectivity index (χ2n) is 6.14. The molecule has 0 aliphatic carbocycles. The molecule has 2 rings (SSSR count). The van der Waals surface area contributed by atoms with Gasteiger partial charge in [0, 0.05) is 34.2 Å². The van der Waals surface area contributed by atoms with Crippen LogP contribution in [0.4, 0.5) is 0 Å². The van der Waals surface area contributed by atoms with Gasteiger partial charge in [-0.1, -0.05) is 36.4 Å². The summed E-state index contributed by atoms with van der Waals surface area (Å²) < 4.78 is 25.4. The fraction of sp³-hybridized carbons (Fsp3) is 0.316. The van der Waals surface area contributed by atoms with Crippen LogP contribution in [0.15, 0.2) is 58.4 Å². The van der Waals surface area contributed by atoms with E-state index in [0.717, 1.165) is 5.56 Å². The van der Waals surface area contributed by atoms with Crippen LogP contribution in [0.1, 0.15) is 16.7 Å². The molecule has 0 saturated heterocycles. The zero-order valence-corrected chi connectivity index (χ0v) is 19.2. The predicted molar refractivity (Wildman–Crippen MR) is 121 cm³/mol. The van der Waals surface area contributed by atoms with Crippen LogP contribution in [0.2, 0.25) is 0 Å². The monoisotopic (exact) mass is 502 g/mol. The average Bonchev–Trinajstić information content (AvgIpc) is 2.63. The van der Waals surface area contributed by atoms with Crippen LogP contribution in [0.3, 0.4) is 0 Å². The van der Waals surface area contributed by atoms with Crippen molar-refractivity contribution < 1.29 is 8.42 Å². The molecule has 0 aliphatic rings. The quantitative estimate of drug-likeness (QED) is 0.362. The van der Waals surface area contributed by atoms with Crippen LogP contribution >= 0.6 is 24.0 Å². The first kappa shape index (κ1) is 23.4. The molecule has 2 aromatic rings. The summed E-state index contributed by atoms with van der Waals surface area (Å²) in [7, 11) is 1.37. The largest absolute Gasteiger partial charge is 0.352 e. The summed E-state index contributed by atoms with van der Waals surface area (Å²) in [5.74, 6) is 0.693. The summed E-state index contributed by atoms with van der Waals surface area (Å²) in [4.78, 5) is 4.51. The molecule has 148 valence electrons. The molecule has 0 aliphatic heterocycles. The fourth-order valence-electron chi connectivity index (χ4n) is 2.38. The van der Waals surface area contributed by atoms with Gasteiger partial charge in [-0.2, -0.15) is 0 Å². The Morgan fingerprint density at radius 1 is 1.00 bits per heavy atom. The minimum atomic E-state index is -3.40. The highest BCUT2D eigenvalue weighted by Crippen LogP contribution is 2.14. The van der Waals surface area contributed by atoms with Crippen molar-refractivity contribution in [3.63, 3.8) is 0 Å². The highest BCUT2D eigenvalue weighted by Gasteiger charge is 2.16. The lowest BCUT2D eigenvalue weighted by Crippen LogP contribution is -2.36. The number of sulfonamides is 1. The summed E-state index contributed by atoms with van der Waals surface area (Å²) in [5, 5.41) is 6.52. The Hall–Kier alpha value is -1.65. The Morgan fingerprint density at radius 2 is 1.59 bits per heavy atom. The average molecular weight is 502 g/mol. The molecule has 0 saturated carbocycles. The Bertz CT molecular complexity index is 866. The normalized spacial score (nSPS) is 11.8. The number of nitrogens with one attached hydrogen (secondary N) is 2. The smallest absolute Gasteiger partial charge is 0.242 e. The third-order valence-electron chi connectivity index (χ3n) is 4.09. The lowest BCUT2D eigenvalue weighted by molar-refractivity contribution is 0.520. The molecule has 0 heterocycles. The first-order valence-electron chi connectivity index (χ1n) is 8.35. The number of benzene rings is 2. The van der Waals surface area contributed by atoms with Gasteiger partial charge in [0.05, 0.1) is 4.90 Å². The molecule has 0 radical (unpaired) electrons. The van der Waals surface area contributed by atoms with Crippen LogP contribution in [-0.2, 0) is 23.1 Å². The predicted octanol–water partition coefficient (Wildman–Crippen LogP) is 2.73. The number of nitrogens with zero attached hydrogens (tertiary/aromatic N) is 2. The Balaban J connectivity index is 0.00000364. The van der Waals surface area contributed by atoms with E-state index in [9.17, 15) is 8.42 Å². The van der Waals surface area contributed by atoms with Crippen LogP contribution < -0.4 is 10.6 Å². The summed E-state index contributed by atoms with van der Waals surface area (Å²) >= 11 is 0. The third-order valence-corrected chi connectivity index (χ3v) is 5.92. The molecule has 0 bridgehead atoms. The first-order chi connectivity index (χ1) is 12.3. The number of hydrogen-bond donors (Lipinski definition) is 2. The van der Waals surface area contributed by atoms with E-state index in [0.29, 0.717) is 19.0 Å². The molecule has 0 amide bonds. The van der Waals surface area contributed by atoms with Crippen molar-refractivity contribution in [2.45, 2.75) is 24.9 Å². The van der Waals surface area contributed by atoms with Crippen LogP contribution in [0, 0.1) is 6.92 Å². The highest BCUT2D eigenvalue weighted by atomic mass is 127. The van der Waals surface area contributed by atoms with Crippen molar-refractivity contribution in [2.24, 2.45) is 4.99 Å². The van der Waals surface area contributed by atoms with Crippen LogP contribution in [0.5, 0.6) is 0 Å². The summed E-state index contributed by atoms with van der Waals surface area (Å²) in [6.07, 6.45) is 0. The van der Waals surface area contributed by atoms with Crippen molar-refractivity contribution in [2.75, 3.05) is 21.1 Å². The van der Waals surface area contributed by atoms with E-state index in [4.69, 9.17) is 0 Å². The van der Waals surface area contributed by atoms with E-state index < -0.39 is 10.0 Å². The lowest BCUT2D eigenvalue weighted by atomic mass is 10.1. The number of aliphatic imine (C=N–C) groups is 1. The first-order valence-corrected chi connectivity index (χ1v) is 9.79. The van der Waals surface area contributed by atoms with E-state index in [1.807, 2.05) is 12.1 Å². The van der Waals surface area contributed by atoms with Gasteiger partial charge in [0.25, 0.3) is 0 Å². The maximum atomic E-state index is 12.1. The molecule has 0 aromatic heterocycles. The Labute approximate surface area is 179 Å². The van der Waals surface area contributed by atoms with Gasteiger partial charge in [-0.25, -0.2) is 12.7 Å². The fourth-order valence-corrected chi connectivity index (χ4v) is 3.29. The van der Waals surface area contributed by atoms with Gasteiger partial charge in [-0.05, 0) is 35.7 Å².